The lowest BCUT2D eigenvalue weighted by Gasteiger charge is -2.25. The number of aliphatic hydroxyl groups is 1. The van der Waals surface area contributed by atoms with Gasteiger partial charge in [-0.05, 0) is 43.0 Å². The van der Waals surface area contributed by atoms with Gasteiger partial charge in [-0.3, -0.25) is 4.79 Å². The molecule has 19 heavy (non-hydrogen) atoms. The van der Waals surface area contributed by atoms with Crippen molar-refractivity contribution in [3.8, 4) is 0 Å². The smallest absolute Gasteiger partial charge is 0.246 e. The van der Waals surface area contributed by atoms with Gasteiger partial charge in [-0.2, -0.15) is 0 Å². The average Bonchev–Trinajstić information content (AvgIpc) is 2.53. The van der Waals surface area contributed by atoms with Crippen molar-refractivity contribution in [2.45, 2.75) is 26.8 Å². The lowest BCUT2D eigenvalue weighted by atomic mass is 10.1. The molecule has 1 aromatic carbocycles. The molecule has 2 unspecified atom stereocenters. The molecule has 2 rings (SSSR count). The normalized spacial score (nSPS) is 24.4. The Balaban J connectivity index is 2.33. The summed E-state index contributed by atoms with van der Waals surface area (Å²) < 4.78 is 0. The summed E-state index contributed by atoms with van der Waals surface area (Å²) in [5, 5.41) is 12.4. The number of benzene rings is 1. The van der Waals surface area contributed by atoms with Gasteiger partial charge in [-0.25, -0.2) is 0 Å². The zero-order chi connectivity index (χ0) is 14.0. The Labute approximate surface area is 114 Å². The topological polar surface area (TPSA) is 52.6 Å². The first-order valence-corrected chi connectivity index (χ1v) is 6.75. The molecule has 0 radical (unpaired) electrons. The molecule has 0 aromatic heterocycles. The van der Waals surface area contributed by atoms with Crippen molar-refractivity contribution in [1.82, 2.24) is 5.32 Å². The highest BCUT2D eigenvalue weighted by Crippen LogP contribution is 2.22. The maximum Gasteiger partial charge on any atom is 0.246 e. The minimum Gasteiger partial charge on any atom is -0.394 e. The molecule has 0 aliphatic carbocycles. The second-order valence-corrected chi connectivity index (χ2v) is 5.47. The zero-order valence-corrected chi connectivity index (χ0v) is 11.8. The number of anilines is 1. The van der Waals surface area contributed by atoms with E-state index in [9.17, 15) is 9.90 Å². The molecule has 4 nitrogen and oxygen atoms in total. The van der Waals surface area contributed by atoms with Gasteiger partial charge in [0.05, 0.1) is 6.61 Å². The fourth-order valence-corrected chi connectivity index (χ4v) is 2.35. The molecule has 1 aliphatic heterocycles. The van der Waals surface area contributed by atoms with Crippen LogP contribution < -0.4 is 10.2 Å². The third-order valence-electron chi connectivity index (χ3n) is 3.76. The molecule has 1 fully saturated rings. The van der Waals surface area contributed by atoms with Gasteiger partial charge in [0.15, 0.2) is 0 Å². The van der Waals surface area contributed by atoms with Crippen LogP contribution in [0.4, 0.5) is 5.69 Å². The SMILES string of the molecule is Cc1ccc(N2CC(C)CNC(CO)C2=O)cc1C. The maximum absolute atomic E-state index is 12.4. The molecule has 0 bridgehead atoms. The van der Waals surface area contributed by atoms with Crippen LogP contribution in [-0.2, 0) is 4.79 Å². The molecule has 2 atom stereocenters. The minimum absolute atomic E-state index is 0.0462. The summed E-state index contributed by atoms with van der Waals surface area (Å²) in [6.45, 7) is 7.49. The summed E-state index contributed by atoms with van der Waals surface area (Å²) >= 11 is 0. The number of rotatable bonds is 2. The highest BCUT2D eigenvalue weighted by atomic mass is 16.3. The number of hydrogen-bond donors (Lipinski definition) is 2. The molecular weight excluding hydrogens is 240 g/mol. The largest absolute Gasteiger partial charge is 0.394 e. The summed E-state index contributed by atoms with van der Waals surface area (Å²) in [4.78, 5) is 14.2. The molecule has 0 spiro atoms. The van der Waals surface area contributed by atoms with Crippen LogP contribution >= 0.6 is 0 Å². The Morgan fingerprint density at radius 1 is 1.37 bits per heavy atom. The van der Waals surface area contributed by atoms with Crippen molar-refractivity contribution in [2.75, 3.05) is 24.6 Å². The number of hydrogen-bond acceptors (Lipinski definition) is 3. The maximum atomic E-state index is 12.4. The van der Waals surface area contributed by atoms with E-state index in [0.29, 0.717) is 12.5 Å². The highest BCUT2D eigenvalue weighted by Gasteiger charge is 2.29. The third-order valence-corrected chi connectivity index (χ3v) is 3.76. The molecule has 1 saturated heterocycles. The summed E-state index contributed by atoms with van der Waals surface area (Å²) in [5.74, 6) is 0.317. The molecular formula is C15H22N2O2. The van der Waals surface area contributed by atoms with Gasteiger partial charge in [-0.15, -0.1) is 0 Å². The lowest BCUT2D eigenvalue weighted by molar-refractivity contribution is -0.121. The van der Waals surface area contributed by atoms with E-state index in [0.717, 1.165) is 12.2 Å². The molecule has 0 saturated carbocycles. The van der Waals surface area contributed by atoms with E-state index in [1.54, 1.807) is 4.90 Å². The summed E-state index contributed by atoms with van der Waals surface area (Å²) in [7, 11) is 0. The predicted molar refractivity (Wildman–Crippen MR) is 76.3 cm³/mol. The number of carbonyl (C=O) groups excluding carboxylic acids is 1. The van der Waals surface area contributed by atoms with Gasteiger partial charge >= 0.3 is 0 Å². The molecule has 4 heteroatoms. The zero-order valence-electron chi connectivity index (χ0n) is 11.8. The molecule has 1 aromatic rings. The number of aryl methyl sites for hydroxylation is 2. The van der Waals surface area contributed by atoms with E-state index >= 15 is 0 Å². The second-order valence-electron chi connectivity index (χ2n) is 5.47. The van der Waals surface area contributed by atoms with E-state index in [2.05, 4.69) is 19.2 Å². The van der Waals surface area contributed by atoms with E-state index in [-0.39, 0.29) is 12.5 Å². The number of aliphatic hydroxyl groups excluding tert-OH is 1. The Kier molecular flexibility index (Phi) is 4.22. The summed E-state index contributed by atoms with van der Waals surface area (Å²) in [5.41, 5.74) is 3.31. The van der Waals surface area contributed by atoms with Gasteiger partial charge < -0.3 is 15.3 Å². The van der Waals surface area contributed by atoms with Gasteiger partial charge in [-0.1, -0.05) is 13.0 Å². The number of nitrogens with zero attached hydrogens (tertiary/aromatic N) is 1. The van der Waals surface area contributed by atoms with Crippen LogP contribution in [0, 0.1) is 19.8 Å². The Morgan fingerprint density at radius 2 is 2.11 bits per heavy atom. The van der Waals surface area contributed by atoms with Crippen molar-refractivity contribution in [3.05, 3.63) is 29.3 Å². The lowest BCUT2D eigenvalue weighted by Crippen LogP contribution is -2.46. The molecule has 1 heterocycles. The first-order chi connectivity index (χ1) is 9.02. The predicted octanol–water partition coefficient (Wildman–Crippen LogP) is 1.24. The van der Waals surface area contributed by atoms with Gasteiger partial charge in [0.2, 0.25) is 5.91 Å². The minimum atomic E-state index is -0.494. The first-order valence-electron chi connectivity index (χ1n) is 6.75. The van der Waals surface area contributed by atoms with Crippen LogP contribution in [0.15, 0.2) is 18.2 Å². The first kappa shape index (κ1) is 14.0. The van der Waals surface area contributed by atoms with Crippen LogP contribution in [-0.4, -0.2) is 36.8 Å². The van der Waals surface area contributed by atoms with Gasteiger partial charge in [0.25, 0.3) is 0 Å². The summed E-state index contributed by atoms with van der Waals surface area (Å²) in [6, 6.07) is 5.56. The van der Waals surface area contributed by atoms with E-state index in [1.165, 1.54) is 11.1 Å². The van der Waals surface area contributed by atoms with Crippen LogP contribution in [0.5, 0.6) is 0 Å². The standard InChI is InChI=1S/C15H22N2O2/c1-10-7-16-14(9-18)15(19)17(8-10)13-5-4-11(2)12(3)6-13/h4-6,10,14,16,18H,7-9H2,1-3H3. The fraction of sp³-hybridized carbons (Fsp3) is 0.533. The monoisotopic (exact) mass is 262 g/mol. The highest BCUT2D eigenvalue weighted by molar-refractivity contribution is 5.97. The van der Waals surface area contributed by atoms with Crippen molar-refractivity contribution in [3.63, 3.8) is 0 Å². The van der Waals surface area contributed by atoms with Crippen molar-refractivity contribution in [1.29, 1.82) is 0 Å². The number of carbonyl (C=O) groups is 1. The van der Waals surface area contributed by atoms with Crippen molar-refractivity contribution >= 4 is 11.6 Å². The fourth-order valence-electron chi connectivity index (χ4n) is 2.35. The average molecular weight is 262 g/mol. The van der Waals surface area contributed by atoms with Gasteiger partial charge in [0, 0.05) is 18.8 Å². The van der Waals surface area contributed by atoms with E-state index < -0.39 is 6.04 Å². The molecule has 1 amide bonds. The van der Waals surface area contributed by atoms with E-state index in [1.807, 2.05) is 25.1 Å². The van der Waals surface area contributed by atoms with Crippen LogP contribution in [0.25, 0.3) is 0 Å². The quantitative estimate of drug-likeness (QED) is 0.843. The van der Waals surface area contributed by atoms with Crippen LogP contribution in [0.1, 0.15) is 18.1 Å². The Hall–Kier alpha value is -1.39. The van der Waals surface area contributed by atoms with Crippen molar-refractivity contribution in [2.24, 2.45) is 5.92 Å². The van der Waals surface area contributed by atoms with Crippen molar-refractivity contribution < 1.29 is 9.90 Å². The number of nitrogens with one attached hydrogen (secondary N) is 1. The molecule has 1 aliphatic rings. The molecule has 2 N–H and O–H groups in total. The van der Waals surface area contributed by atoms with E-state index in [4.69, 9.17) is 0 Å². The van der Waals surface area contributed by atoms with Gasteiger partial charge in [0.1, 0.15) is 6.04 Å². The number of amides is 1. The second kappa shape index (κ2) is 5.72. The summed E-state index contributed by atoms with van der Waals surface area (Å²) in [6.07, 6.45) is 0. The Bertz CT molecular complexity index is 473. The van der Waals surface area contributed by atoms with Crippen LogP contribution in [0.2, 0.25) is 0 Å². The third kappa shape index (κ3) is 2.96. The Morgan fingerprint density at radius 3 is 2.74 bits per heavy atom. The molecule has 104 valence electrons. The van der Waals surface area contributed by atoms with Crippen LogP contribution in [0.3, 0.4) is 0 Å².